The quantitative estimate of drug-likeness (QED) is 0.635. The molecule has 166 valence electrons. The number of amides is 4. The Kier molecular flexibility index (Phi) is 6.11. The van der Waals surface area contributed by atoms with Gasteiger partial charge in [0.05, 0.1) is 11.1 Å². The Hall–Kier alpha value is -3.82. The Morgan fingerprint density at radius 2 is 1.66 bits per heavy atom. The van der Waals surface area contributed by atoms with Crippen molar-refractivity contribution in [2.75, 3.05) is 19.6 Å². The van der Waals surface area contributed by atoms with Gasteiger partial charge in [-0.3, -0.25) is 28.9 Å². The second kappa shape index (κ2) is 9.13. The third-order valence-electron chi connectivity index (χ3n) is 5.75. The van der Waals surface area contributed by atoms with Crippen LogP contribution in [0.5, 0.6) is 0 Å². The molecule has 0 radical (unpaired) electrons. The van der Waals surface area contributed by atoms with E-state index in [1.807, 2.05) is 0 Å². The second-order valence-corrected chi connectivity index (χ2v) is 7.85. The number of likely N-dealkylation sites (tertiary alicyclic amines) is 1. The molecule has 4 rings (SSSR count). The topological polar surface area (TPSA) is 133 Å². The minimum absolute atomic E-state index is 0.0336. The number of H-pyrrole nitrogens is 1. The van der Waals surface area contributed by atoms with Crippen LogP contribution in [0.3, 0.4) is 0 Å². The molecule has 1 aromatic heterocycles. The van der Waals surface area contributed by atoms with E-state index in [0.29, 0.717) is 43.5 Å². The lowest BCUT2D eigenvalue weighted by atomic mass is 10.0. The van der Waals surface area contributed by atoms with E-state index >= 15 is 0 Å². The maximum Gasteiger partial charge on any atom is 0.271 e. The van der Waals surface area contributed by atoms with Gasteiger partial charge in [-0.1, -0.05) is 12.1 Å². The molecule has 0 unspecified atom stereocenters. The summed E-state index contributed by atoms with van der Waals surface area (Å²) in [4.78, 5) is 63.5. The Morgan fingerprint density at radius 3 is 2.25 bits per heavy atom. The van der Waals surface area contributed by atoms with Crippen molar-refractivity contribution in [3.63, 3.8) is 0 Å². The molecular formula is C22H23N5O5. The predicted molar refractivity (Wildman–Crippen MR) is 113 cm³/mol. The van der Waals surface area contributed by atoms with Crippen LogP contribution in [-0.4, -0.2) is 69.3 Å². The summed E-state index contributed by atoms with van der Waals surface area (Å²) in [6.45, 7) is 1.22. The van der Waals surface area contributed by atoms with Crippen molar-refractivity contribution < 1.29 is 19.2 Å². The fourth-order valence-corrected chi connectivity index (χ4v) is 3.99. The number of nitrogens with one attached hydrogen (secondary N) is 2. The zero-order chi connectivity index (χ0) is 22.7. The molecule has 1 saturated heterocycles. The van der Waals surface area contributed by atoms with E-state index in [0.717, 1.165) is 0 Å². The van der Waals surface area contributed by atoms with Gasteiger partial charge in [-0.05, 0) is 37.5 Å². The van der Waals surface area contributed by atoms with Gasteiger partial charge in [0.25, 0.3) is 23.3 Å². The smallest absolute Gasteiger partial charge is 0.271 e. The minimum Gasteiger partial charge on any atom is -0.348 e. The van der Waals surface area contributed by atoms with E-state index in [1.54, 1.807) is 29.2 Å². The van der Waals surface area contributed by atoms with E-state index in [-0.39, 0.29) is 53.9 Å². The van der Waals surface area contributed by atoms with Crippen molar-refractivity contribution in [3.05, 3.63) is 63.6 Å². The number of imide groups is 1. The first-order valence-corrected chi connectivity index (χ1v) is 10.5. The minimum atomic E-state index is -0.378. The van der Waals surface area contributed by atoms with Crippen LogP contribution in [0, 0.1) is 0 Å². The van der Waals surface area contributed by atoms with E-state index in [2.05, 4.69) is 15.5 Å². The molecule has 1 fully saturated rings. The standard InChI is InChI=1S/C22H23N5O5/c28-18-8-7-17(24-25-18)20(30)23-14-9-12-26(13-10-14)19(29)6-3-11-27-21(31)15-4-1-2-5-16(15)22(27)32/h1-2,4-5,7-8,14H,3,6,9-13H2,(H,23,30)(H,25,28). The second-order valence-electron chi connectivity index (χ2n) is 7.85. The Balaban J connectivity index is 1.20. The number of aromatic nitrogens is 2. The van der Waals surface area contributed by atoms with Gasteiger partial charge in [0.15, 0.2) is 0 Å². The lowest BCUT2D eigenvalue weighted by molar-refractivity contribution is -0.132. The average Bonchev–Trinajstić information content (AvgIpc) is 3.05. The van der Waals surface area contributed by atoms with Gasteiger partial charge < -0.3 is 10.2 Å². The van der Waals surface area contributed by atoms with Crippen LogP contribution in [0.1, 0.15) is 56.9 Å². The number of aromatic amines is 1. The van der Waals surface area contributed by atoms with Crippen molar-refractivity contribution in [2.24, 2.45) is 0 Å². The van der Waals surface area contributed by atoms with Crippen LogP contribution in [0.4, 0.5) is 0 Å². The highest BCUT2D eigenvalue weighted by Gasteiger charge is 2.34. The summed E-state index contributed by atoms with van der Waals surface area (Å²) >= 11 is 0. The number of carbonyl (C=O) groups is 4. The summed E-state index contributed by atoms with van der Waals surface area (Å²) in [7, 11) is 0. The van der Waals surface area contributed by atoms with Gasteiger partial charge >= 0.3 is 0 Å². The number of fused-ring (bicyclic) bond motifs is 1. The third-order valence-corrected chi connectivity index (χ3v) is 5.75. The molecule has 2 aliphatic rings. The van der Waals surface area contributed by atoms with Crippen molar-refractivity contribution >= 4 is 23.6 Å². The fourth-order valence-electron chi connectivity index (χ4n) is 3.99. The number of benzene rings is 1. The zero-order valence-corrected chi connectivity index (χ0v) is 17.4. The molecule has 2 N–H and O–H groups in total. The van der Waals surface area contributed by atoms with Crippen LogP contribution in [-0.2, 0) is 4.79 Å². The van der Waals surface area contributed by atoms with E-state index in [4.69, 9.17) is 0 Å². The zero-order valence-electron chi connectivity index (χ0n) is 17.4. The van der Waals surface area contributed by atoms with E-state index < -0.39 is 0 Å². The molecule has 0 saturated carbocycles. The highest BCUT2D eigenvalue weighted by molar-refractivity contribution is 6.21. The number of piperidine rings is 1. The van der Waals surface area contributed by atoms with Gasteiger partial charge in [0.1, 0.15) is 5.69 Å². The first-order valence-electron chi connectivity index (χ1n) is 10.5. The summed E-state index contributed by atoms with van der Waals surface area (Å²) in [5, 5.41) is 8.81. The van der Waals surface area contributed by atoms with Gasteiger partial charge in [-0.2, -0.15) is 5.10 Å². The molecule has 0 spiro atoms. The maximum atomic E-state index is 12.5. The molecule has 2 aromatic rings. The predicted octanol–water partition coefficient (Wildman–Crippen LogP) is 0.567. The number of hydrogen-bond donors (Lipinski definition) is 2. The van der Waals surface area contributed by atoms with E-state index in [1.165, 1.54) is 17.0 Å². The molecule has 3 heterocycles. The average molecular weight is 437 g/mol. The summed E-state index contributed by atoms with van der Waals surface area (Å²) in [6, 6.07) is 9.24. The summed E-state index contributed by atoms with van der Waals surface area (Å²) in [5.74, 6) is -1.03. The SMILES string of the molecule is O=C(NC1CCN(C(=O)CCCN2C(=O)c3ccccc3C2=O)CC1)c1ccc(=O)[nH]n1. The van der Waals surface area contributed by atoms with Crippen molar-refractivity contribution in [2.45, 2.75) is 31.7 Å². The molecular weight excluding hydrogens is 414 g/mol. The van der Waals surface area contributed by atoms with Gasteiger partial charge in [-0.15, -0.1) is 0 Å². The molecule has 1 aromatic carbocycles. The van der Waals surface area contributed by atoms with Gasteiger partial charge in [0, 0.05) is 38.2 Å². The van der Waals surface area contributed by atoms with Crippen LogP contribution in [0.25, 0.3) is 0 Å². The molecule has 0 bridgehead atoms. The highest BCUT2D eigenvalue weighted by Crippen LogP contribution is 2.23. The summed E-state index contributed by atoms with van der Waals surface area (Å²) in [6.07, 6.45) is 1.86. The third kappa shape index (κ3) is 4.43. The molecule has 2 aliphatic heterocycles. The first kappa shape index (κ1) is 21.4. The molecule has 10 nitrogen and oxygen atoms in total. The molecule has 4 amide bonds. The van der Waals surface area contributed by atoms with Crippen LogP contribution >= 0.6 is 0 Å². The van der Waals surface area contributed by atoms with Gasteiger partial charge in [-0.25, -0.2) is 5.10 Å². The number of hydrogen-bond acceptors (Lipinski definition) is 6. The number of rotatable bonds is 6. The van der Waals surface area contributed by atoms with Crippen LogP contribution < -0.4 is 10.9 Å². The van der Waals surface area contributed by atoms with Crippen molar-refractivity contribution in [3.8, 4) is 0 Å². The molecule has 0 aliphatic carbocycles. The Bertz CT molecular complexity index is 1060. The maximum absolute atomic E-state index is 12.5. The molecule has 0 atom stereocenters. The lowest BCUT2D eigenvalue weighted by Crippen LogP contribution is -2.46. The van der Waals surface area contributed by atoms with Crippen molar-refractivity contribution in [1.82, 2.24) is 25.3 Å². The normalized spacial score (nSPS) is 16.2. The molecule has 10 heteroatoms. The molecule has 32 heavy (non-hydrogen) atoms. The first-order chi connectivity index (χ1) is 15.4. The van der Waals surface area contributed by atoms with E-state index in [9.17, 15) is 24.0 Å². The Morgan fingerprint density at radius 1 is 1.00 bits per heavy atom. The largest absolute Gasteiger partial charge is 0.348 e. The Labute approximate surface area is 183 Å². The van der Waals surface area contributed by atoms with Gasteiger partial charge in [0.2, 0.25) is 5.91 Å². The fraction of sp³-hybridized carbons (Fsp3) is 0.364. The van der Waals surface area contributed by atoms with Crippen LogP contribution in [0.2, 0.25) is 0 Å². The number of nitrogens with zero attached hydrogens (tertiary/aromatic N) is 3. The number of carbonyl (C=O) groups excluding carboxylic acids is 4. The monoisotopic (exact) mass is 437 g/mol. The summed E-state index contributed by atoms with van der Waals surface area (Å²) < 4.78 is 0. The van der Waals surface area contributed by atoms with Crippen molar-refractivity contribution in [1.29, 1.82) is 0 Å². The highest BCUT2D eigenvalue weighted by atomic mass is 16.2. The van der Waals surface area contributed by atoms with Crippen LogP contribution in [0.15, 0.2) is 41.2 Å². The summed E-state index contributed by atoms with van der Waals surface area (Å²) in [5.41, 5.74) is 0.572. The lowest BCUT2D eigenvalue weighted by Gasteiger charge is -2.32.